The zero-order valence-corrected chi connectivity index (χ0v) is 11.0. The number of carbonyl (C=O) groups excluding carboxylic acids is 2. The van der Waals surface area contributed by atoms with E-state index in [-0.39, 0.29) is 31.8 Å². The molecule has 0 spiro atoms. The molecule has 1 aromatic rings. The number of carbonyl (C=O) groups is 2. The van der Waals surface area contributed by atoms with Gasteiger partial charge in [0.1, 0.15) is 5.82 Å². The van der Waals surface area contributed by atoms with Crippen molar-refractivity contribution in [3.63, 3.8) is 0 Å². The number of nitrogens with one attached hydrogen (secondary N) is 2. The lowest BCUT2D eigenvalue weighted by molar-refractivity contribution is -0.173. The molecule has 4 nitrogen and oxygen atoms in total. The number of amides is 2. The molecule has 0 aliphatic carbocycles. The van der Waals surface area contributed by atoms with Gasteiger partial charge in [0, 0.05) is 13.1 Å². The molecule has 21 heavy (non-hydrogen) atoms. The highest BCUT2D eigenvalue weighted by Gasteiger charge is 2.38. The van der Waals surface area contributed by atoms with Crippen LogP contribution in [0.5, 0.6) is 0 Å². The van der Waals surface area contributed by atoms with Gasteiger partial charge in [0.2, 0.25) is 5.91 Å². The molecule has 0 bridgehead atoms. The lowest BCUT2D eigenvalue weighted by Crippen LogP contribution is -2.38. The highest BCUT2D eigenvalue weighted by atomic mass is 19.4. The zero-order valence-electron chi connectivity index (χ0n) is 11.0. The van der Waals surface area contributed by atoms with Gasteiger partial charge in [-0.25, -0.2) is 4.39 Å². The Labute approximate surface area is 118 Å². The van der Waals surface area contributed by atoms with E-state index in [0.717, 1.165) is 0 Å². The van der Waals surface area contributed by atoms with Crippen LogP contribution in [0.2, 0.25) is 0 Å². The second-order valence-electron chi connectivity index (χ2n) is 4.26. The number of hydrogen-bond acceptors (Lipinski definition) is 2. The summed E-state index contributed by atoms with van der Waals surface area (Å²) in [5, 5.41) is 4.16. The largest absolute Gasteiger partial charge is 0.471 e. The summed E-state index contributed by atoms with van der Waals surface area (Å²) < 4.78 is 48.4. The van der Waals surface area contributed by atoms with E-state index >= 15 is 0 Å². The Hall–Kier alpha value is -2.12. The van der Waals surface area contributed by atoms with Crippen molar-refractivity contribution < 1.29 is 27.2 Å². The van der Waals surface area contributed by atoms with E-state index in [0.29, 0.717) is 5.56 Å². The minimum absolute atomic E-state index is 0.0212. The molecule has 1 aromatic carbocycles. The molecule has 0 saturated heterocycles. The monoisotopic (exact) mass is 306 g/mol. The number of alkyl halides is 3. The van der Waals surface area contributed by atoms with Crippen molar-refractivity contribution in [2.24, 2.45) is 0 Å². The Morgan fingerprint density at radius 3 is 2.38 bits per heavy atom. The van der Waals surface area contributed by atoms with Crippen LogP contribution in [0.1, 0.15) is 12.0 Å². The maximum absolute atomic E-state index is 12.9. The van der Waals surface area contributed by atoms with Crippen LogP contribution in [0.4, 0.5) is 17.6 Å². The van der Waals surface area contributed by atoms with Gasteiger partial charge in [-0.15, -0.1) is 0 Å². The highest BCUT2D eigenvalue weighted by molar-refractivity contribution is 5.81. The number of benzene rings is 1. The molecular formula is C13H14F4N2O2. The molecule has 0 radical (unpaired) electrons. The first-order chi connectivity index (χ1) is 9.79. The van der Waals surface area contributed by atoms with E-state index in [9.17, 15) is 27.2 Å². The minimum atomic E-state index is -4.90. The summed E-state index contributed by atoms with van der Waals surface area (Å²) in [4.78, 5) is 22.0. The molecule has 0 aromatic heterocycles. The first-order valence-electron chi connectivity index (χ1n) is 6.15. The first-order valence-corrected chi connectivity index (χ1v) is 6.15. The molecule has 116 valence electrons. The Morgan fingerprint density at radius 2 is 1.76 bits per heavy atom. The van der Waals surface area contributed by atoms with Crippen LogP contribution < -0.4 is 10.6 Å². The van der Waals surface area contributed by atoms with Crippen molar-refractivity contribution in [3.8, 4) is 0 Å². The van der Waals surface area contributed by atoms with Crippen LogP contribution in [-0.2, 0) is 16.0 Å². The maximum atomic E-state index is 12.9. The summed E-state index contributed by atoms with van der Waals surface area (Å²) in [6, 6.07) is 5.55. The topological polar surface area (TPSA) is 58.2 Å². The van der Waals surface area contributed by atoms with Gasteiger partial charge < -0.3 is 10.6 Å². The van der Waals surface area contributed by atoms with E-state index in [4.69, 9.17) is 0 Å². The van der Waals surface area contributed by atoms with Crippen LogP contribution in [-0.4, -0.2) is 31.1 Å². The number of halogens is 4. The van der Waals surface area contributed by atoms with Crippen molar-refractivity contribution in [1.82, 2.24) is 10.6 Å². The van der Waals surface area contributed by atoms with E-state index in [1.165, 1.54) is 18.2 Å². The Kier molecular flexibility index (Phi) is 6.13. The van der Waals surface area contributed by atoms with Gasteiger partial charge in [0.15, 0.2) is 0 Å². The summed E-state index contributed by atoms with van der Waals surface area (Å²) >= 11 is 0. The lowest BCUT2D eigenvalue weighted by Gasteiger charge is -2.08. The van der Waals surface area contributed by atoms with Crippen molar-refractivity contribution >= 4 is 11.8 Å². The van der Waals surface area contributed by atoms with Gasteiger partial charge in [-0.1, -0.05) is 12.1 Å². The molecule has 0 atom stereocenters. The van der Waals surface area contributed by atoms with Crippen LogP contribution in [0, 0.1) is 5.82 Å². The van der Waals surface area contributed by atoms with Crippen molar-refractivity contribution in [1.29, 1.82) is 0 Å². The van der Waals surface area contributed by atoms with Crippen molar-refractivity contribution in [2.75, 3.05) is 13.1 Å². The van der Waals surface area contributed by atoms with E-state index in [2.05, 4.69) is 5.32 Å². The molecule has 2 amide bonds. The van der Waals surface area contributed by atoms with Crippen molar-refractivity contribution in [3.05, 3.63) is 35.6 Å². The van der Waals surface area contributed by atoms with Crippen molar-refractivity contribution in [2.45, 2.75) is 19.0 Å². The Bertz CT molecular complexity index is 503. The summed E-state index contributed by atoms with van der Waals surface area (Å²) in [7, 11) is 0. The van der Waals surface area contributed by atoms with E-state index < -0.39 is 17.9 Å². The predicted octanol–water partition coefficient (Wildman–Crippen LogP) is 1.55. The van der Waals surface area contributed by atoms with Gasteiger partial charge in [-0.3, -0.25) is 9.59 Å². The fourth-order valence-corrected chi connectivity index (χ4v) is 1.51. The molecule has 0 saturated carbocycles. The fraction of sp³-hybridized carbons (Fsp3) is 0.385. The molecule has 0 unspecified atom stereocenters. The normalized spacial score (nSPS) is 11.0. The van der Waals surface area contributed by atoms with Gasteiger partial charge >= 0.3 is 12.1 Å². The molecule has 0 fully saturated rings. The highest BCUT2D eigenvalue weighted by Crippen LogP contribution is 2.13. The first kappa shape index (κ1) is 16.9. The van der Waals surface area contributed by atoms with Gasteiger partial charge in [0.05, 0.1) is 6.42 Å². The lowest BCUT2D eigenvalue weighted by atomic mass is 10.1. The molecule has 0 heterocycles. The second kappa shape index (κ2) is 7.61. The van der Waals surface area contributed by atoms with Crippen LogP contribution in [0.15, 0.2) is 24.3 Å². The third-order valence-electron chi connectivity index (χ3n) is 2.47. The smallest absolute Gasteiger partial charge is 0.356 e. The number of rotatable bonds is 6. The van der Waals surface area contributed by atoms with Crippen LogP contribution in [0.25, 0.3) is 0 Å². The predicted molar refractivity (Wildman–Crippen MR) is 66.8 cm³/mol. The van der Waals surface area contributed by atoms with Gasteiger partial charge in [-0.05, 0) is 24.1 Å². The minimum Gasteiger partial charge on any atom is -0.356 e. The van der Waals surface area contributed by atoms with Gasteiger partial charge in [-0.2, -0.15) is 13.2 Å². The SMILES string of the molecule is O=C(Cc1cccc(F)c1)NCCCNC(=O)C(F)(F)F. The third-order valence-corrected chi connectivity index (χ3v) is 2.47. The third kappa shape index (κ3) is 6.73. The Balaban J connectivity index is 2.18. The molecule has 1 rings (SSSR count). The molecule has 2 N–H and O–H groups in total. The van der Waals surface area contributed by atoms with E-state index in [1.54, 1.807) is 11.4 Å². The molecule has 0 aliphatic heterocycles. The molecule has 8 heteroatoms. The summed E-state index contributed by atoms with van der Waals surface area (Å²) in [5.74, 6) is -2.83. The van der Waals surface area contributed by atoms with Crippen LogP contribution >= 0.6 is 0 Å². The fourth-order valence-electron chi connectivity index (χ4n) is 1.51. The molecule has 0 aliphatic rings. The summed E-state index contributed by atoms with van der Waals surface area (Å²) in [6.45, 7) is -0.0785. The zero-order chi connectivity index (χ0) is 15.9. The standard InChI is InChI=1S/C13H14F4N2O2/c14-10-4-1-3-9(7-10)8-11(20)18-5-2-6-19-12(21)13(15,16)17/h1,3-4,7H,2,5-6,8H2,(H,18,20)(H,19,21). The average Bonchev–Trinajstić information content (AvgIpc) is 2.36. The molecular weight excluding hydrogens is 292 g/mol. The average molecular weight is 306 g/mol. The number of hydrogen-bond donors (Lipinski definition) is 2. The summed E-state index contributed by atoms with van der Waals surface area (Å²) in [5.41, 5.74) is 0.498. The quantitative estimate of drug-likeness (QED) is 0.619. The van der Waals surface area contributed by atoms with Gasteiger partial charge in [0.25, 0.3) is 0 Å². The Morgan fingerprint density at radius 1 is 1.10 bits per heavy atom. The summed E-state index contributed by atoms with van der Waals surface area (Å²) in [6.07, 6.45) is -4.76. The van der Waals surface area contributed by atoms with E-state index in [1.807, 2.05) is 0 Å². The van der Waals surface area contributed by atoms with Crippen LogP contribution in [0.3, 0.4) is 0 Å². The second-order valence-corrected chi connectivity index (χ2v) is 4.26. The maximum Gasteiger partial charge on any atom is 0.471 e.